The molecule has 2 aromatic rings. The number of benzene rings is 2. The molecular formula is C19H20F2N2O5. The Kier molecular flexibility index (Phi) is 7.55. The molecule has 0 unspecified atom stereocenters. The lowest BCUT2D eigenvalue weighted by Crippen LogP contribution is -2.17. The molecule has 7 nitrogen and oxygen atoms in total. The molecule has 0 spiro atoms. The zero-order chi connectivity index (χ0) is 20.5. The number of hydrogen-bond donors (Lipinski definition) is 1. The molecule has 1 amide bonds. The first-order chi connectivity index (χ1) is 13.5. The van der Waals surface area contributed by atoms with Crippen molar-refractivity contribution < 1.29 is 32.5 Å². The number of nitrogens with zero attached hydrogens (tertiary/aromatic N) is 1. The molecule has 9 heteroatoms. The van der Waals surface area contributed by atoms with Crippen molar-refractivity contribution in [1.82, 2.24) is 5.43 Å². The zero-order valence-electron chi connectivity index (χ0n) is 15.6. The van der Waals surface area contributed by atoms with E-state index in [9.17, 15) is 13.6 Å². The Hall–Kier alpha value is -3.36. The largest absolute Gasteiger partial charge is 0.493 e. The molecule has 0 aliphatic carbocycles. The van der Waals surface area contributed by atoms with Crippen LogP contribution in [0.15, 0.2) is 41.5 Å². The van der Waals surface area contributed by atoms with Crippen LogP contribution in [0.2, 0.25) is 0 Å². The normalized spacial score (nSPS) is 10.8. The number of alkyl halides is 2. The Morgan fingerprint density at radius 1 is 1.07 bits per heavy atom. The molecule has 0 aliphatic heterocycles. The molecule has 150 valence electrons. The van der Waals surface area contributed by atoms with Crippen LogP contribution in [-0.2, 0) is 0 Å². The van der Waals surface area contributed by atoms with Crippen LogP contribution in [-0.4, -0.2) is 39.6 Å². The van der Waals surface area contributed by atoms with Crippen molar-refractivity contribution in [2.45, 2.75) is 13.5 Å². The first kappa shape index (κ1) is 20.9. The first-order valence-corrected chi connectivity index (χ1v) is 8.25. The quantitative estimate of drug-likeness (QED) is 0.521. The first-order valence-electron chi connectivity index (χ1n) is 8.25. The predicted octanol–water partition coefficient (Wildman–Crippen LogP) is 3.47. The number of carbonyl (C=O) groups excluding carboxylic acids is 1. The van der Waals surface area contributed by atoms with Crippen molar-refractivity contribution in [1.29, 1.82) is 0 Å². The third-order valence-corrected chi connectivity index (χ3v) is 3.51. The number of hydrogen-bond acceptors (Lipinski definition) is 6. The van der Waals surface area contributed by atoms with Crippen LogP contribution >= 0.6 is 0 Å². The van der Waals surface area contributed by atoms with Gasteiger partial charge in [0.1, 0.15) is 0 Å². The van der Waals surface area contributed by atoms with Crippen molar-refractivity contribution in [3.05, 3.63) is 47.5 Å². The van der Waals surface area contributed by atoms with Crippen LogP contribution in [0.3, 0.4) is 0 Å². The fourth-order valence-corrected chi connectivity index (χ4v) is 2.27. The summed E-state index contributed by atoms with van der Waals surface area (Å²) >= 11 is 0. The molecular weight excluding hydrogens is 374 g/mol. The van der Waals surface area contributed by atoms with Crippen molar-refractivity contribution >= 4 is 12.1 Å². The monoisotopic (exact) mass is 394 g/mol. The molecule has 0 bridgehead atoms. The molecule has 0 heterocycles. The molecule has 1 N–H and O–H groups in total. The number of methoxy groups -OCH3 is 2. The number of ether oxygens (including phenoxy) is 4. The lowest BCUT2D eigenvalue weighted by Gasteiger charge is -2.11. The van der Waals surface area contributed by atoms with E-state index in [0.29, 0.717) is 22.6 Å². The predicted molar refractivity (Wildman–Crippen MR) is 98.8 cm³/mol. The van der Waals surface area contributed by atoms with Gasteiger partial charge in [-0.2, -0.15) is 13.9 Å². The van der Waals surface area contributed by atoms with Crippen molar-refractivity contribution in [2.24, 2.45) is 5.10 Å². The van der Waals surface area contributed by atoms with Gasteiger partial charge in [-0.05, 0) is 48.9 Å². The summed E-state index contributed by atoms with van der Waals surface area (Å²) in [7, 11) is 2.96. The minimum atomic E-state index is -2.96. The number of hydrazone groups is 1. The number of halogens is 2. The van der Waals surface area contributed by atoms with E-state index >= 15 is 0 Å². The topological polar surface area (TPSA) is 78.4 Å². The molecule has 28 heavy (non-hydrogen) atoms. The van der Waals surface area contributed by atoms with Gasteiger partial charge in [0.15, 0.2) is 23.0 Å². The van der Waals surface area contributed by atoms with Crippen LogP contribution < -0.4 is 24.4 Å². The lowest BCUT2D eigenvalue weighted by molar-refractivity contribution is -0.0514. The standard InChI is InChI=1S/C19H20F2N2O5/c1-4-27-17-9-12(5-7-15(17)28-19(20)21)11-22-23-18(24)13-6-8-14(25-2)16(10-13)26-3/h5-11,19H,4H2,1-3H3,(H,23,24)/b22-11-. The van der Waals surface area contributed by atoms with Crippen molar-refractivity contribution in [2.75, 3.05) is 20.8 Å². The summed E-state index contributed by atoms with van der Waals surface area (Å²) in [5.74, 6) is 0.522. The number of amides is 1. The summed E-state index contributed by atoms with van der Waals surface area (Å²) in [6.07, 6.45) is 1.35. The summed E-state index contributed by atoms with van der Waals surface area (Å²) in [6.45, 7) is -0.966. The summed E-state index contributed by atoms with van der Waals surface area (Å²) in [4.78, 5) is 12.2. The van der Waals surface area contributed by atoms with E-state index in [1.54, 1.807) is 19.1 Å². The fraction of sp³-hybridized carbons (Fsp3) is 0.263. The highest BCUT2D eigenvalue weighted by molar-refractivity contribution is 5.95. The zero-order valence-corrected chi connectivity index (χ0v) is 15.6. The van der Waals surface area contributed by atoms with E-state index in [4.69, 9.17) is 14.2 Å². The summed E-state index contributed by atoms with van der Waals surface area (Å²) < 4.78 is 44.8. The van der Waals surface area contributed by atoms with Gasteiger partial charge in [0.25, 0.3) is 5.91 Å². The minimum Gasteiger partial charge on any atom is -0.493 e. The van der Waals surface area contributed by atoms with E-state index in [1.807, 2.05) is 0 Å². The van der Waals surface area contributed by atoms with Crippen LogP contribution in [0.4, 0.5) is 8.78 Å². The van der Waals surface area contributed by atoms with Gasteiger partial charge in [-0.3, -0.25) is 4.79 Å². The van der Waals surface area contributed by atoms with Crippen LogP contribution in [0, 0.1) is 0 Å². The van der Waals surface area contributed by atoms with Crippen molar-refractivity contribution in [3.8, 4) is 23.0 Å². The van der Waals surface area contributed by atoms with E-state index < -0.39 is 12.5 Å². The van der Waals surface area contributed by atoms with Gasteiger partial charge in [-0.25, -0.2) is 5.43 Å². The van der Waals surface area contributed by atoms with Gasteiger partial charge in [-0.1, -0.05) is 0 Å². The smallest absolute Gasteiger partial charge is 0.387 e. The van der Waals surface area contributed by atoms with Gasteiger partial charge >= 0.3 is 6.61 Å². The Morgan fingerprint density at radius 2 is 1.79 bits per heavy atom. The number of rotatable bonds is 9. The Morgan fingerprint density at radius 3 is 2.43 bits per heavy atom. The highest BCUT2D eigenvalue weighted by Crippen LogP contribution is 2.29. The minimum absolute atomic E-state index is 0.0802. The van der Waals surface area contributed by atoms with Gasteiger partial charge in [0, 0.05) is 5.56 Å². The average Bonchev–Trinajstić information content (AvgIpc) is 2.69. The maximum Gasteiger partial charge on any atom is 0.387 e. The maximum absolute atomic E-state index is 12.4. The summed E-state index contributed by atoms with van der Waals surface area (Å²) in [6, 6.07) is 9.02. The second-order valence-corrected chi connectivity index (χ2v) is 5.29. The van der Waals surface area contributed by atoms with E-state index in [-0.39, 0.29) is 18.1 Å². The van der Waals surface area contributed by atoms with Gasteiger partial charge in [0.05, 0.1) is 27.0 Å². The average molecular weight is 394 g/mol. The molecule has 0 atom stereocenters. The van der Waals surface area contributed by atoms with Gasteiger partial charge in [-0.15, -0.1) is 0 Å². The lowest BCUT2D eigenvalue weighted by atomic mass is 10.2. The molecule has 0 fully saturated rings. The second-order valence-electron chi connectivity index (χ2n) is 5.29. The second kappa shape index (κ2) is 10.1. The SMILES string of the molecule is CCOc1cc(/C=N\NC(=O)c2ccc(OC)c(OC)c2)ccc1OC(F)F. The summed E-state index contributed by atoms with van der Waals surface area (Å²) in [5, 5.41) is 3.87. The molecule has 0 saturated carbocycles. The number of carbonyl (C=O) groups is 1. The molecule has 0 aromatic heterocycles. The molecule has 0 saturated heterocycles. The Bertz CT molecular complexity index is 843. The molecule has 2 rings (SSSR count). The third-order valence-electron chi connectivity index (χ3n) is 3.51. The van der Waals surface area contributed by atoms with Crippen LogP contribution in [0.1, 0.15) is 22.8 Å². The van der Waals surface area contributed by atoms with Gasteiger partial charge in [0.2, 0.25) is 0 Å². The molecule has 0 aliphatic rings. The Balaban J connectivity index is 2.09. The summed E-state index contributed by atoms with van der Waals surface area (Å²) in [5.41, 5.74) is 3.23. The van der Waals surface area contributed by atoms with E-state index in [0.717, 1.165) is 0 Å². The Labute approximate surface area is 160 Å². The maximum atomic E-state index is 12.4. The van der Waals surface area contributed by atoms with Crippen LogP contribution in [0.5, 0.6) is 23.0 Å². The van der Waals surface area contributed by atoms with Crippen molar-refractivity contribution in [3.63, 3.8) is 0 Å². The molecule has 0 radical (unpaired) electrons. The highest BCUT2D eigenvalue weighted by Gasteiger charge is 2.12. The highest BCUT2D eigenvalue weighted by atomic mass is 19.3. The van der Waals surface area contributed by atoms with Crippen LogP contribution in [0.25, 0.3) is 0 Å². The number of nitrogens with one attached hydrogen (secondary N) is 1. The van der Waals surface area contributed by atoms with Gasteiger partial charge < -0.3 is 18.9 Å². The third kappa shape index (κ3) is 5.57. The fourth-order valence-electron chi connectivity index (χ4n) is 2.27. The van der Waals surface area contributed by atoms with E-state index in [1.165, 1.54) is 44.7 Å². The molecule has 2 aromatic carbocycles. The van der Waals surface area contributed by atoms with E-state index in [2.05, 4.69) is 15.3 Å².